The molecule has 0 bridgehead atoms. The molecule has 3 unspecified atom stereocenters. The van der Waals surface area contributed by atoms with Crippen LogP contribution in [-0.4, -0.2) is 30.3 Å². The number of nitrogens with one attached hydrogen (secondary N) is 1. The van der Waals surface area contributed by atoms with Gasteiger partial charge in [0.15, 0.2) is 0 Å². The van der Waals surface area contributed by atoms with E-state index >= 15 is 0 Å². The molecule has 0 spiro atoms. The molecular formula is C12H26N2O. The van der Waals surface area contributed by atoms with Gasteiger partial charge in [0.05, 0.1) is 5.60 Å². The van der Waals surface area contributed by atoms with Gasteiger partial charge in [-0.3, -0.25) is 0 Å². The van der Waals surface area contributed by atoms with E-state index in [2.05, 4.69) is 26.1 Å². The lowest BCUT2D eigenvalue weighted by Crippen LogP contribution is -2.61. The molecule has 0 saturated carbocycles. The van der Waals surface area contributed by atoms with Crippen LogP contribution in [-0.2, 0) is 0 Å². The summed E-state index contributed by atoms with van der Waals surface area (Å²) < 4.78 is 0. The Labute approximate surface area is 93.4 Å². The molecule has 1 aliphatic heterocycles. The maximum absolute atomic E-state index is 10.9. The summed E-state index contributed by atoms with van der Waals surface area (Å²) in [5, 5.41) is 14.3. The Hall–Kier alpha value is -0.120. The molecule has 1 heterocycles. The zero-order valence-corrected chi connectivity index (χ0v) is 10.3. The summed E-state index contributed by atoms with van der Waals surface area (Å²) in [5.41, 5.74) is 5.14. The first-order valence-corrected chi connectivity index (χ1v) is 6.17. The van der Waals surface area contributed by atoms with Crippen molar-refractivity contribution in [3.63, 3.8) is 0 Å². The molecule has 1 saturated heterocycles. The minimum absolute atomic E-state index is 0.143. The second-order valence-corrected chi connectivity index (χ2v) is 5.10. The van der Waals surface area contributed by atoms with E-state index in [0.29, 0.717) is 12.5 Å². The van der Waals surface area contributed by atoms with E-state index in [-0.39, 0.29) is 5.41 Å². The first-order valence-electron chi connectivity index (χ1n) is 6.17. The van der Waals surface area contributed by atoms with Gasteiger partial charge in [0.2, 0.25) is 0 Å². The molecule has 3 heteroatoms. The fourth-order valence-electron chi connectivity index (χ4n) is 2.83. The third-order valence-electron chi connectivity index (χ3n) is 4.52. The van der Waals surface area contributed by atoms with Gasteiger partial charge in [0.25, 0.3) is 0 Å². The molecule has 1 aliphatic rings. The number of rotatable bonds is 4. The fourth-order valence-corrected chi connectivity index (χ4v) is 2.83. The summed E-state index contributed by atoms with van der Waals surface area (Å²) in [7, 11) is 0. The Bertz CT molecular complexity index is 204. The highest BCUT2D eigenvalue weighted by Gasteiger charge is 2.50. The smallest absolute Gasteiger partial charge is 0.0765 e. The first kappa shape index (κ1) is 12.9. The lowest BCUT2D eigenvalue weighted by molar-refractivity contribution is -0.134. The van der Waals surface area contributed by atoms with Crippen molar-refractivity contribution in [3.8, 4) is 0 Å². The van der Waals surface area contributed by atoms with Gasteiger partial charge in [-0.15, -0.1) is 0 Å². The van der Waals surface area contributed by atoms with E-state index in [0.717, 1.165) is 32.4 Å². The highest BCUT2D eigenvalue weighted by molar-refractivity contribution is 5.03. The molecule has 0 amide bonds. The average molecular weight is 214 g/mol. The van der Waals surface area contributed by atoms with Gasteiger partial charge in [-0.05, 0) is 25.8 Å². The summed E-state index contributed by atoms with van der Waals surface area (Å²) in [6, 6.07) is 0. The molecule has 1 rings (SSSR count). The Kier molecular flexibility index (Phi) is 4.15. The largest absolute Gasteiger partial charge is 0.389 e. The van der Waals surface area contributed by atoms with Crippen molar-refractivity contribution in [1.29, 1.82) is 0 Å². The van der Waals surface area contributed by atoms with Crippen LogP contribution in [0.3, 0.4) is 0 Å². The minimum atomic E-state index is -0.587. The molecule has 0 aliphatic carbocycles. The van der Waals surface area contributed by atoms with Crippen molar-refractivity contribution in [1.82, 2.24) is 5.32 Å². The highest BCUT2D eigenvalue weighted by atomic mass is 16.3. The molecule has 3 atom stereocenters. The van der Waals surface area contributed by atoms with E-state index in [9.17, 15) is 5.11 Å². The minimum Gasteiger partial charge on any atom is -0.389 e. The van der Waals surface area contributed by atoms with Crippen molar-refractivity contribution in [2.24, 2.45) is 17.1 Å². The number of hydrogen-bond donors (Lipinski definition) is 3. The second kappa shape index (κ2) is 4.81. The third kappa shape index (κ3) is 2.05. The average Bonchev–Trinajstić information content (AvgIpc) is 2.28. The zero-order valence-electron chi connectivity index (χ0n) is 10.3. The Morgan fingerprint density at radius 2 is 2.20 bits per heavy atom. The van der Waals surface area contributed by atoms with Gasteiger partial charge in [0, 0.05) is 24.4 Å². The van der Waals surface area contributed by atoms with E-state index in [4.69, 9.17) is 5.73 Å². The number of piperidine rings is 1. The van der Waals surface area contributed by atoms with Crippen molar-refractivity contribution in [2.45, 2.75) is 45.6 Å². The van der Waals surface area contributed by atoms with Crippen LogP contribution in [0.1, 0.15) is 40.0 Å². The lowest BCUT2D eigenvalue weighted by Gasteiger charge is -2.51. The molecule has 90 valence electrons. The molecule has 0 aromatic rings. The van der Waals surface area contributed by atoms with Gasteiger partial charge in [-0.1, -0.05) is 20.8 Å². The second-order valence-electron chi connectivity index (χ2n) is 5.10. The van der Waals surface area contributed by atoms with Gasteiger partial charge >= 0.3 is 0 Å². The van der Waals surface area contributed by atoms with Gasteiger partial charge in [-0.25, -0.2) is 0 Å². The lowest BCUT2D eigenvalue weighted by atomic mass is 9.61. The number of aliphatic hydroxyl groups is 1. The summed E-state index contributed by atoms with van der Waals surface area (Å²) >= 11 is 0. The van der Waals surface area contributed by atoms with E-state index in [1.165, 1.54) is 0 Å². The number of nitrogens with two attached hydrogens (primary N) is 1. The molecular weight excluding hydrogens is 188 g/mol. The van der Waals surface area contributed by atoms with Crippen molar-refractivity contribution < 1.29 is 5.11 Å². The van der Waals surface area contributed by atoms with Crippen LogP contribution in [0.5, 0.6) is 0 Å². The summed E-state index contributed by atoms with van der Waals surface area (Å²) in [6.07, 6.45) is 2.78. The van der Waals surface area contributed by atoms with Crippen molar-refractivity contribution in [2.75, 3.05) is 19.6 Å². The maximum Gasteiger partial charge on any atom is 0.0765 e. The highest BCUT2D eigenvalue weighted by Crippen LogP contribution is 2.43. The van der Waals surface area contributed by atoms with Gasteiger partial charge < -0.3 is 16.2 Å². The monoisotopic (exact) mass is 214 g/mol. The van der Waals surface area contributed by atoms with Crippen LogP contribution in [0, 0.1) is 11.3 Å². The third-order valence-corrected chi connectivity index (χ3v) is 4.52. The molecule has 3 nitrogen and oxygen atoms in total. The van der Waals surface area contributed by atoms with E-state index < -0.39 is 5.60 Å². The predicted molar refractivity (Wildman–Crippen MR) is 63.7 cm³/mol. The molecule has 0 aromatic heterocycles. The summed E-state index contributed by atoms with van der Waals surface area (Å²) in [5.74, 6) is 0.333. The van der Waals surface area contributed by atoms with E-state index in [1.54, 1.807) is 0 Å². The molecule has 0 aromatic carbocycles. The van der Waals surface area contributed by atoms with Crippen LogP contribution in [0.4, 0.5) is 0 Å². The standard InChI is InChI=1S/C12H26N2O/c1-4-10-8-14-7-6-12(10,15)11(3,5-2)9-13/h10,14-15H,4-9,13H2,1-3H3. The fraction of sp³-hybridized carbons (Fsp3) is 1.00. The molecule has 1 fully saturated rings. The van der Waals surface area contributed by atoms with Gasteiger partial charge in [-0.2, -0.15) is 0 Å². The zero-order chi connectivity index (χ0) is 11.5. The van der Waals surface area contributed by atoms with Crippen LogP contribution in [0.15, 0.2) is 0 Å². The van der Waals surface area contributed by atoms with Crippen LogP contribution < -0.4 is 11.1 Å². The maximum atomic E-state index is 10.9. The van der Waals surface area contributed by atoms with E-state index in [1.807, 2.05) is 0 Å². The summed E-state index contributed by atoms with van der Waals surface area (Å²) in [6.45, 7) is 8.79. The normalized spacial score (nSPS) is 36.2. The molecule has 4 N–H and O–H groups in total. The Balaban J connectivity index is 2.93. The van der Waals surface area contributed by atoms with Crippen molar-refractivity contribution >= 4 is 0 Å². The van der Waals surface area contributed by atoms with Crippen LogP contribution >= 0.6 is 0 Å². The quantitative estimate of drug-likeness (QED) is 0.657. The first-order chi connectivity index (χ1) is 7.04. The predicted octanol–water partition coefficient (Wildman–Crippen LogP) is 1.11. The molecule has 15 heavy (non-hydrogen) atoms. The topological polar surface area (TPSA) is 58.3 Å². The van der Waals surface area contributed by atoms with Crippen molar-refractivity contribution in [3.05, 3.63) is 0 Å². The SMILES string of the molecule is CCC1CNCCC1(O)C(C)(CC)CN. The van der Waals surface area contributed by atoms with Gasteiger partial charge in [0.1, 0.15) is 0 Å². The Morgan fingerprint density at radius 1 is 1.53 bits per heavy atom. The molecule has 0 radical (unpaired) electrons. The summed E-state index contributed by atoms with van der Waals surface area (Å²) in [4.78, 5) is 0. The number of hydrogen-bond acceptors (Lipinski definition) is 3. The van der Waals surface area contributed by atoms with Crippen LogP contribution in [0.25, 0.3) is 0 Å². The Morgan fingerprint density at radius 3 is 2.67 bits per heavy atom. The van der Waals surface area contributed by atoms with Crippen LogP contribution in [0.2, 0.25) is 0 Å².